The summed E-state index contributed by atoms with van der Waals surface area (Å²) in [6, 6.07) is 7.91. The number of aryl methyl sites for hydroxylation is 1. The molecule has 3 unspecified atom stereocenters. The molecule has 1 aromatic carbocycles. The number of benzene rings is 1. The number of rotatable bonds is 4. The maximum absolute atomic E-state index is 13.8. The Labute approximate surface area is 201 Å². The molecule has 2 fully saturated rings. The van der Waals surface area contributed by atoms with E-state index in [2.05, 4.69) is 27.0 Å². The number of nitrogens with zero attached hydrogens (tertiary/aromatic N) is 7. The minimum atomic E-state index is -0.422. The molecule has 34 heavy (non-hydrogen) atoms. The molecule has 2 aromatic rings. The van der Waals surface area contributed by atoms with Gasteiger partial charge in [-0.1, -0.05) is 0 Å². The van der Waals surface area contributed by atoms with Crippen LogP contribution in [0.5, 0.6) is 0 Å². The van der Waals surface area contributed by atoms with Gasteiger partial charge in [-0.2, -0.15) is 0 Å². The summed E-state index contributed by atoms with van der Waals surface area (Å²) >= 11 is 0. The molecule has 1 N–H and O–H groups in total. The van der Waals surface area contributed by atoms with Gasteiger partial charge in [0.15, 0.2) is 0 Å². The quantitative estimate of drug-likeness (QED) is 0.669. The van der Waals surface area contributed by atoms with Crippen molar-refractivity contribution in [2.45, 2.75) is 51.5 Å². The van der Waals surface area contributed by atoms with Crippen LogP contribution in [-0.4, -0.2) is 107 Å². The van der Waals surface area contributed by atoms with E-state index in [9.17, 15) is 4.79 Å². The van der Waals surface area contributed by atoms with Crippen molar-refractivity contribution >= 4 is 36.0 Å². The van der Waals surface area contributed by atoms with Gasteiger partial charge in [-0.05, 0) is 0 Å². The molecule has 1 aromatic heterocycles. The van der Waals surface area contributed by atoms with Gasteiger partial charge in [0.1, 0.15) is 0 Å². The molecule has 177 valence electrons. The van der Waals surface area contributed by atoms with Crippen LogP contribution >= 0.6 is 0 Å². The van der Waals surface area contributed by atoms with Crippen LogP contribution in [0.25, 0.3) is 10.9 Å². The normalized spacial score (nSPS) is 25.3. The molecule has 3 aliphatic rings. The van der Waals surface area contributed by atoms with Crippen molar-refractivity contribution in [2.75, 3.05) is 33.7 Å². The van der Waals surface area contributed by atoms with E-state index < -0.39 is 6.04 Å². The number of nitrogens with one attached hydrogen (secondary N) is 1. The Morgan fingerprint density at radius 3 is 2.79 bits per heavy atom. The molecule has 1 radical (unpaired) electrons. The zero-order chi connectivity index (χ0) is 24.0. The summed E-state index contributed by atoms with van der Waals surface area (Å²) in [5.74, 6) is 1.41. The van der Waals surface area contributed by atoms with Gasteiger partial charge >= 0.3 is 202 Å². The van der Waals surface area contributed by atoms with Crippen molar-refractivity contribution in [3.63, 3.8) is 0 Å². The van der Waals surface area contributed by atoms with Crippen LogP contribution < -0.4 is 5.32 Å². The first kappa shape index (κ1) is 22.8. The zero-order valence-corrected chi connectivity index (χ0v) is 20.4. The summed E-state index contributed by atoms with van der Waals surface area (Å²) < 4.78 is 0. The molecule has 9 nitrogen and oxygen atoms in total. The van der Waals surface area contributed by atoms with E-state index in [-0.39, 0.29) is 18.6 Å². The van der Waals surface area contributed by atoms with Gasteiger partial charge < -0.3 is 0 Å². The van der Waals surface area contributed by atoms with Gasteiger partial charge in [0, 0.05) is 0 Å². The van der Waals surface area contributed by atoms with Crippen molar-refractivity contribution in [1.82, 2.24) is 34.9 Å². The average Bonchev–Trinajstić information content (AvgIpc) is 3.25. The number of aromatic nitrogens is 2. The van der Waals surface area contributed by atoms with Crippen LogP contribution in [0.3, 0.4) is 0 Å². The summed E-state index contributed by atoms with van der Waals surface area (Å²) in [5.41, 5.74) is 2.14. The fraction of sp³-hybridized carbons (Fsp3) is 0.542. The molecule has 4 heterocycles. The van der Waals surface area contributed by atoms with E-state index in [1.54, 1.807) is 4.90 Å². The Hall–Kier alpha value is -3.01. The SMILES string of the molecule is [B]=C1N(Cc2nc(C)c3ccccc3n2)C(=O)C2C(N=C(N3CCCC(NC)C3)N2CC)N1C. The monoisotopic (exact) mass is 459 g/mol. The summed E-state index contributed by atoms with van der Waals surface area (Å²) in [4.78, 5) is 36.2. The fourth-order valence-corrected chi connectivity index (χ4v) is 5.37. The Balaban J connectivity index is 1.43. The van der Waals surface area contributed by atoms with Gasteiger partial charge in [-0.15, -0.1) is 0 Å². The third-order valence-corrected chi connectivity index (χ3v) is 7.27. The molecule has 3 aliphatic heterocycles. The number of amides is 1. The van der Waals surface area contributed by atoms with Crippen molar-refractivity contribution in [3.05, 3.63) is 35.8 Å². The second kappa shape index (κ2) is 8.98. The number of guanidine groups is 1. The van der Waals surface area contributed by atoms with E-state index >= 15 is 0 Å². The van der Waals surface area contributed by atoms with E-state index in [1.165, 1.54) is 0 Å². The third kappa shape index (κ3) is 3.74. The van der Waals surface area contributed by atoms with Crippen LogP contribution in [0, 0.1) is 6.92 Å². The van der Waals surface area contributed by atoms with Crippen molar-refractivity contribution in [1.29, 1.82) is 0 Å². The molecule has 2 saturated heterocycles. The predicted octanol–water partition coefficient (Wildman–Crippen LogP) is 0.538. The van der Waals surface area contributed by atoms with Gasteiger partial charge in [0.25, 0.3) is 0 Å². The zero-order valence-electron chi connectivity index (χ0n) is 20.4. The average molecular weight is 459 g/mol. The number of carbonyl (C=O) groups is 1. The molecule has 3 atom stereocenters. The Morgan fingerprint density at radius 2 is 2.03 bits per heavy atom. The van der Waals surface area contributed by atoms with E-state index in [4.69, 9.17) is 17.5 Å². The predicted molar refractivity (Wildman–Crippen MR) is 134 cm³/mol. The molecular weight excluding hydrogens is 427 g/mol. The number of likely N-dealkylation sites (tertiary alicyclic amines) is 1. The Kier molecular flexibility index (Phi) is 6.01. The van der Waals surface area contributed by atoms with Gasteiger partial charge in [0.05, 0.1) is 0 Å². The molecular formula is C24H32BN8O. The maximum atomic E-state index is 13.8. The van der Waals surface area contributed by atoms with E-state index in [0.717, 1.165) is 48.5 Å². The number of carbonyl (C=O) groups excluding carboxylic acids is 1. The third-order valence-electron chi connectivity index (χ3n) is 7.27. The van der Waals surface area contributed by atoms with Crippen LogP contribution in [0.2, 0.25) is 0 Å². The Bertz CT molecular complexity index is 1150. The number of para-hydroxylation sites is 1. The van der Waals surface area contributed by atoms with Crippen LogP contribution in [-0.2, 0) is 11.3 Å². The fourth-order valence-electron chi connectivity index (χ4n) is 5.37. The van der Waals surface area contributed by atoms with Gasteiger partial charge in [0.2, 0.25) is 0 Å². The summed E-state index contributed by atoms with van der Waals surface area (Å²) in [7, 11) is 10.4. The topological polar surface area (TPSA) is 80.2 Å². The van der Waals surface area contributed by atoms with Crippen molar-refractivity contribution < 1.29 is 4.79 Å². The van der Waals surface area contributed by atoms with Crippen LogP contribution in [0.1, 0.15) is 31.3 Å². The molecule has 10 heteroatoms. The number of hydrogen-bond acceptors (Lipinski definition) is 8. The molecule has 0 bridgehead atoms. The second-order valence-electron chi connectivity index (χ2n) is 9.28. The van der Waals surface area contributed by atoms with Gasteiger partial charge in [-0.3, -0.25) is 0 Å². The van der Waals surface area contributed by atoms with Crippen molar-refractivity contribution in [2.24, 2.45) is 4.99 Å². The first-order chi connectivity index (χ1) is 16.4. The molecule has 0 aliphatic carbocycles. The second-order valence-corrected chi connectivity index (χ2v) is 9.28. The minimum absolute atomic E-state index is 0.0576. The number of hydrogen-bond donors (Lipinski definition) is 1. The summed E-state index contributed by atoms with van der Waals surface area (Å²) in [5, 5.41) is 4.40. The molecule has 0 spiro atoms. The standard InChI is InChI=1S/C24H32BN8O/c1-5-32-20-21(29-24(32)31-12-8-9-16(13-31)26-3)30(4)23(25)33(22(20)34)14-19-27-15(2)17-10-6-7-11-18(17)28-19/h6-7,10-11,16,20-21,26H,5,8-9,12-14H2,1-4H3. The Morgan fingerprint density at radius 1 is 1.24 bits per heavy atom. The van der Waals surface area contributed by atoms with Crippen LogP contribution in [0.4, 0.5) is 0 Å². The molecule has 5 rings (SSSR count). The summed E-state index contributed by atoms with van der Waals surface area (Å²) in [6.07, 6.45) is 1.91. The number of aliphatic imine (C=N–C) groups is 1. The van der Waals surface area contributed by atoms with Crippen LogP contribution in [0.15, 0.2) is 29.3 Å². The van der Waals surface area contributed by atoms with Gasteiger partial charge in [-0.25, -0.2) is 0 Å². The number of fused-ring (bicyclic) bond motifs is 2. The van der Waals surface area contributed by atoms with Crippen molar-refractivity contribution in [3.8, 4) is 0 Å². The number of likely N-dealkylation sites (N-methyl/N-ethyl adjacent to an activating group) is 3. The first-order valence-electron chi connectivity index (χ1n) is 12.1. The molecule has 1 amide bonds. The molecule has 0 saturated carbocycles. The van der Waals surface area contributed by atoms with E-state index in [0.29, 0.717) is 24.1 Å². The first-order valence-corrected chi connectivity index (χ1v) is 12.1. The van der Waals surface area contributed by atoms with E-state index in [1.807, 2.05) is 50.2 Å². The summed E-state index contributed by atoms with van der Waals surface area (Å²) in [6.45, 7) is 6.79. The number of piperidine rings is 1.